The van der Waals surface area contributed by atoms with Crippen LogP contribution in [-0.2, 0) is 53.7 Å². The minimum atomic E-state index is -4.52. The second-order valence-corrected chi connectivity index (χ2v) is 19.5. The number of hydrogen-bond donors (Lipinski definition) is 0. The number of esters is 1. The lowest BCUT2D eigenvalue weighted by atomic mass is 9.66. The van der Waals surface area contributed by atoms with Crippen LogP contribution < -0.4 is 4.90 Å². The van der Waals surface area contributed by atoms with E-state index in [0.29, 0.717) is 49.8 Å². The Morgan fingerprint density at radius 1 is 0.857 bits per heavy atom. The zero-order valence-electron chi connectivity index (χ0n) is 38.3. The molecule has 0 spiro atoms. The van der Waals surface area contributed by atoms with Crippen LogP contribution in [0.5, 0.6) is 0 Å². The average molecular weight is 891 g/mol. The standard InChI is InChI=1S/C48H69F3N2O10/c1-10-29-15-12-16-37(63-39-18-17-36(52(5)6)25(3)59-39)24(2)43(55)35-22-32-31-20-30(62-47-46(58-9)45(57-8)44(56-7)26(4)60-47)21-34(31)41-42(40(32)33(35)23-38(54)61-29)53(41)28-14-11-13-27(19-28)48(49,50)51/h11,13-14,19,22,24-26,29-34,36-37,39-42,44-47H,10,12,15-18,20-21,23H2,1-9H3/t24-,25?,26?,29+,30+,31+,32+,33-,34-,36+,37+,39+,40-,41+,42-,44+,45?,46+,47+,53?/m1/s1. The zero-order valence-corrected chi connectivity index (χ0v) is 38.3. The molecule has 0 aromatic heterocycles. The second-order valence-electron chi connectivity index (χ2n) is 19.5. The third-order valence-corrected chi connectivity index (χ3v) is 15.9. The number of anilines is 1. The summed E-state index contributed by atoms with van der Waals surface area (Å²) in [5.74, 6) is -1.68. The van der Waals surface area contributed by atoms with E-state index in [1.165, 1.54) is 12.1 Å². The van der Waals surface area contributed by atoms with E-state index in [2.05, 4.69) is 36.9 Å². The van der Waals surface area contributed by atoms with E-state index >= 15 is 4.79 Å². The highest BCUT2D eigenvalue weighted by atomic mass is 19.4. The number of ketones is 1. The Morgan fingerprint density at radius 3 is 2.25 bits per heavy atom. The maximum absolute atomic E-state index is 15.2. The van der Waals surface area contributed by atoms with Crippen LogP contribution >= 0.6 is 0 Å². The van der Waals surface area contributed by atoms with Crippen molar-refractivity contribution in [3.63, 3.8) is 0 Å². The smallest absolute Gasteiger partial charge is 0.416 e. The molecule has 12 nitrogen and oxygen atoms in total. The molecule has 3 unspecified atom stereocenters. The lowest BCUT2D eigenvalue weighted by Crippen LogP contribution is -2.59. The summed E-state index contributed by atoms with van der Waals surface area (Å²) >= 11 is 0. The Kier molecular flexibility index (Phi) is 14.1. The molecule has 4 heterocycles. The number of fused-ring (bicyclic) bond motifs is 8. The van der Waals surface area contributed by atoms with Gasteiger partial charge in [-0.25, -0.2) is 0 Å². The zero-order chi connectivity index (χ0) is 45.1. The van der Waals surface area contributed by atoms with Crippen LogP contribution in [0, 0.1) is 35.5 Å². The molecule has 7 aliphatic rings. The van der Waals surface area contributed by atoms with Crippen molar-refractivity contribution in [3.05, 3.63) is 41.5 Å². The molecule has 2 saturated carbocycles. The van der Waals surface area contributed by atoms with Crippen LogP contribution in [0.4, 0.5) is 18.9 Å². The van der Waals surface area contributed by atoms with Gasteiger partial charge in [-0.2, -0.15) is 13.2 Å². The minimum absolute atomic E-state index is 0.0159. The Bertz CT molecular complexity index is 1810. The van der Waals surface area contributed by atoms with Gasteiger partial charge in [0.1, 0.15) is 24.4 Å². The summed E-state index contributed by atoms with van der Waals surface area (Å²) < 4.78 is 92.7. The number of carbonyl (C=O) groups excluding carboxylic acids is 2. The van der Waals surface area contributed by atoms with Gasteiger partial charge in [-0.3, -0.25) is 9.59 Å². The molecular formula is C48H69F3N2O10. The van der Waals surface area contributed by atoms with Crippen LogP contribution in [0.2, 0.25) is 0 Å². The maximum Gasteiger partial charge on any atom is 0.416 e. The number of halogens is 3. The van der Waals surface area contributed by atoms with Gasteiger partial charge in [0, 0.05) is 44.9 Å². The number of rotatable bonds is 10. The number of alkyl halides is 3. The Balaban J connectivity index is 1.13. The van der Waals surface area contributed by atoms with Gasteiger partial charge in [-0.15, -0.1) is 0 Å². The van der Waals surface area contributed by atoms with Gasteiger partial charge in [-0.05, 0) is 127 Å². The van der Waals surface area contributed by atoms with Gasteiger partial charge < -0.3 is 47.7 Å². The van der Waals surface area contributed by atoms with Crippen molar-refractivity contribution in [3.8, 4) is 0 Å². The van der Waals surface area contributed by atoms with Gasteiger partial charge in [0.25, 0.3) is 0 Å². The number of hydrogen-bond acceptors (Lipinski definition) is 12. The molecule has 4 aliphatic heterocycles. The summed E-state index contributed by atoms with van der Waals surface area (Å²) in [6.45, 7) is 7.94. The topological polar surface area (TPSA) is 114 Å². The number of methoxy groups -OCH3 is 3. The Labute approximate surface area is 370 Å². The van der Waals surface area contributed by atoms with Crippen LogP contribution in [-0.4, -0.2) is 132 Å². The fourth-order valence-corrected chi connectivity index (χ4v) is 12.8. The number of nitrogens with zero attached hydrogens (tertiary/aromatic N) is 2. The normalized spacial score (nSPS) is 43.2. The van der Waals surface area contributed by atoms with Crippen molar-refractivity contribution in [2.24, 2.45) is 35.5 Å². The van der Waals surface area contributed by atoms with E-state index in [1.807, 2.05) is 20.8 Å². The van der Waals surface area contributed by atoms with E-state index in [4.69, 9.17) is 37.9 Å². The molecule has 0 radical (unpaired) electrons. The first-order chi connectivity index (χ1) is 30.1. The lowest BCUT2D eigenvalue weighted by Gasteiger charge is -2.44. The highest BCUT2D eigenvalue weighted by Crippen LogP contribution is 2.65. The molecular weight excluding hydrogens is 822 g/mol. The summed E-state index contributed by atoms with van der Waals surface area (Å²) in [7, 11) is 8.93. The number of cyclic esters (lactones) is 1. The quantitative estimate of drug-likeness (QED) is 0.175. The van der Waals surface area contributed by atoms with Gasteiger partial charge in [0.15, 0.2) is 18.4 Å². The largest absolute Gasteiger partial charge is 0.462 e. The molecule has 3 aliphatic carbocycles. The summed E-state index contributed by atoms with van der Waals surface area (Å²) in [6, 6.07) is 5.49. The van der Waals surface area contributed by atoms with E-state index in [9.17, 15) is 18.0 Å². The summed E-state index contributed by atoms with van der Waals surface area (Å²) in [6.07, 6.45) is -0.786. The molecule has 15 heteroatoms. The molecule has 0 N–H and O–H groups in total. The number of benzene rings is 1. The third kappa shape index (κ3) is 9.12. The first-order valence-corrected chi connectivity index (χ1v) is 23.4. The predicted molar refractivity (Wildman–Crippen MR) is 227 cm³/mol. The van der Waals surface area contributed by atoms with Gasteiger partial charge >= 0.3 is 12.1 Å². The lowest BCUT2D eigenvalue weighted by molar-refractivity contribution is -0.314. The van der Waals surface area contributed by atoms with E-state index in [1.54, 1.807) is 27.4 Å². The molecule has 0 amide bonds. The van der Waals surface area contributed by atoms with Gasteiger partial charge in [0.05, 0.1) is 48.5 Å². The highest BCUT2D eigenvalue weighted by Gasteiger charge is 2.69. The van der Waals surface area contributed by atoms with Gasteiger partial charge in [-0.1, -0.05) is 26.0 Å². The number of allylic oxidation sites excluding steroid dienone is 2. The maximum atomic E-state index is 15.2. The first kappa shape index (κ1) is 46.9. The van der Waals surface area contributed by atoms with Gasteiger partial charge in [0.2, 0.25) is 0 Å². The van der Waals surface area contributed by atoms with Crippen LogP contribution in [0.25, 0.3) is 0 Å². The van der Waals surface area contributed by atoms with Crippen LogP contribution in [0.1, 0.15) is 91.0 Å². The number of carbonyl (C=O) groups is 2. The molecule has 0 bridgehead atoms. The fraction of sp³-hybridized carbons (Fsp3) is 0.792. The van der Waals surface area contributed by atoms with E-state index in [0.717, 1.165) is 18.9 Å². The van der Waals surface area contributed by atoms with Crippen molar-refractivity contribution < 1.29 is 60.7 Å². The molecule has 6 fully saturated rings. The summed E-state index contributed by atoms with van der Waals surface area (Å²) in [5.41, 5.74) is 0.386. The molecule has 8 rings (SSSR count). The molecule has 4 saturated heterocycles. The SMILES string of the molecule is CC[C@H]1CCC[C@H](O[C@H]2CC[C@H](N(C)C)C(C)O2)[C@@H](C)C(=O)C2=C[C@H]3[C@@H]4C[C@H](O[C@@H]5OC(C)[C@H](OC)C(OC)[C@@H]5OC)C[C@H]4[C@H]4[C@@H]([C@H]3[C@@H]2CC(=O)O1)N4c1cccc(C(F)(F)F)c1. The van der Waals surface area contributed by atoms with E-state index in [-0.39, 0.29) is 90.5 Å². The van der Waals surface area contributed by atoms with Crippen LogP contribution in [0.3, 0.4) is 0 Å². The average Bonchev–Trinajstić information content (AvgIpc) is 3.66. The Hall–Kier alpha value is -2.63. The second kappa shape index (κ2) is 18.9. The Morgan fingerprint density at radius 2 is 1.59 bits per heavy atom. The number of Topliss-reactive ketones (excluding diaryl/α,β-unsaturated/α-hetero) is 1. The van der Waals surface area contributed by atoms with Crippen molar-refractivity contribution in [2.45, 2.75) is 171 Å². The van der Waals surface area contributed by atoms with Crippen molar-refractivity contribution in [2.75, 3.05) is 40.3 Å². The first-order valence-electron chi connectivity index (χ1n) is 23.4. The van der Waals surface area contributed by atoms with E-state index < -0.39 is 54.5 Å². The number of ether oxygens (including phenoxy) is 8. The highest BCUT2D eigenvalue weighted by molar-refractivity contribution is 5.99. The van der Waals surface area contributed by atoms with Crippen molar-refractivity contribution in [1.82, 2.24) is 4.90 Å². The fourth-order valence-electron chi connectivity index (χ4n) is 12.8. The van der Waals surface area contributed by atoms with Crippen LogP contribution in [0.15, 0.2) is 35.9 Å². The molecule has 352 valence electrons. The molecule has 1 aromatic rings. The molecule has 19 atom stereocenters. The third-order valence-electron chi connectivity index (χ3n) is 15.9. The molecule has 1 aromatic carbocycles. The number of likely N-dealkylation sites (N-methyl/N-ethyl adjacent to an activating group) is 1. The van der Waals surface area contributed by atoms with Crippen molar-refractivity contribution >= 4 is 17.4 Å². The van der Waals surface area contributed by atoms with Crippen molar-refractivity contribution in [1.29, 1.82) is 0 Å². The predicted octanol–water partition coefficient (Wildman–Crippen LogP) is 7.21. The molecule has 63 heavy (non-hydrogen) atoms. The monoisotopic (exact) mass is 890 g/mol. The summed E-state index contributed by atoms with van der Waals surface area (Å²) in [5, 5.41) is 0. The summed E-state index contributed by atoms with van der Waals surface area (Å²) in [4.78, 5) is 33.5. The minimum Gasteiger partial charge on any atom is -0.462 e.